The molecule has 0 aliphatic carbocycles. The van der Waals surface area contributed by atoms with Crippen molar-refractivity contribution in [2.45, 2.75) is 19.1 Å². The molecule has 0 aromatic heterocycles. The van der Waals surface area contributed by atoms with Gasteiger partial charge in [-0.2, -0.15) is 0 Å². The molecule has 0 aliphatic heterocycles. The second-order valence-electron chi connectivity index (χ2n) is 1.96. The van der Waals surface area contributed by atoms with Gasteiger partial charge in [-0.25, -0.2) is 0 Å². The van der Waals surface area contributed by atoms with E-state index in [1.165, 1.54) is 21.3 Å². The molecule has 0 aromatic carbocycles. The van der Waals surface area contributed by atoms with Gasteiger partial charge in [0, 0.05) is 21.3 Å². The van der Waals surface area contributed by atoms with Gasteiger partial charge in [-0.15, -0.1) is 0 Å². The van der Waals surface area contributed by atoms with E-state index in [2.05, 4.69) is 6.92 Å². The van der Waals surface area contributed by atoms with Gasteiger partial charge in [0.1, 0.15) is 0 Å². The maximum Gasteiger partial charge on any atom is 0.401 e. The second-order valence-corrected chi connectivity index (χ2v) is 3.66. The van der Waals surface area contributed by atoms with E-state index in [4.69, 9.17) is 18.6 Å². The molecule has 0 spiro atoms. The predicted octanol–water partition coefficient (Wildman–Crippen LogP) is 0.0755. The lowest BCUT2D eigenvalue weighted by molar-refractivity contribution is -0.450. The van der Waals surface area contributed by atoms with Crippen LogP contribution < -0.4 is 0 Å². The number of hydrogen-bond acceptors (Lipinski definition) is 4. The molecule has 0 aromatic rings. The minimum Gasteiger partial charge on any atom is -0.353 e. The van der Waals surface area contributed by atoms with Crippen molar-refractivity contribution in [2.24, 2.45) is 0 Å². The molecule has 11 heavy (non-hydrogen) atoms. The Kier molecular flexibility index (Phi) is 5.70. The molecule has 0 heterocycles. The Morgan fingerprint density at radius 1 is 1.09 bits per heavy atom. The van der Waals surface area contributed by atoms with Crippen LogP contribution in [0.15, 0.2) is 0 Å². The molecule has 0 aliphatic rings. The molecule has 0 N–H and O–H groups in total. The summed E-state index contributed by atoms with van der Waals surface area (Å²) in [5.74, 6) is 0. The first-order chi connectivity index (χ1) is 5.24. The van der Waals surface area contributed by atoms with E-state index in [0.29, 0.717) is 0 Å². The summed E-state index contributed by atoms with van der Waals surface area (Å²) in [5, 5.41) is 0. The lowest BCUT2D eigenvalue weighted by Crippen LogP contribution is -2.40. The molecule has 0 atom stereocenters. The molecular formula is C6H16O4Si. The first kappa shape index (κ1) is 11.1. The van der Waals surface area contributed by atoms with Crippen LogP contribution in [0.3, 0.4) is 0 Å². The van der Waals surface area contributed by atoms with Crippen molar-refractivity contribution in [3.8, 4) is 0 Å². The standard InChI is InChI=1S/C6H16O4Si/c1-5-11-10-6(7-2,8-3)9-4/h5,11H2,1-4H3. The predicted molar refractivity (Wildman–Crippen MR) is 43.9 cm³/mol. The molecule has 0 radical (unpaired) electrons. The molecule has 5 heteroatoms. The SMILES string of the molecule is CC[SiH2]OC(OC)(OC)OC. The first-order valence-electron chi connectivity index (χ1n) is 3.54. The largest absolute Gasteiger partial charge is 0.401 e. The fourth-order valence-electron chi connectivity index (χ4n) is 0.654. The monoisotopic (exact) mass is 180 g/mol. The Morgan fingerprint density at radius 3 is 1.82 bits per heavy atom. The fourth-order valence-corrected chi connectivity index (χ4v) is 1.46. The van der Waals surface area contributed by atoms with Crippen LogP contribution in [0.1, 0.15) is 6.92 Å². The van der Waals surface area contributed by atoms with E-state index in [-0.39, 0.29) is 0 Å². The minimum absolute atomic E-state index is 0.590. The maximum atomic E-state index is 5.30. The average Bonchev–Trinajstić information content (AvgIpc) is 2.08. The van der Waals surface area contributed by atoms with Crippen molar-refractivity contribution in [3.63, 3.8) is 0 Å². The summed E-state index contributed by atoms with van der Waals surface area (Å²) in [4.78, 5) is 0. The first-order valence-corrected chi connectivity index (χ1v) is 5.11. The third-order valence-corrected chi connectivity index (χ3v) is 2.20. The minimum atomic E-state index is -1.26. The summed E-state index contributed by atoms with van der Waals surface area (Å²) in [6.45, 7) is 2.05. The van der Waals surface area contributed by atoms with Gasteiger partial charge >= 0.3 is 6.16 Å². The number of rotatable bonds is 6. The van der Waals surface area contributed by atoms with E-state index in [1.807, 2.05) is 0 Å². The van der Waals surface area contributed by atoms with Gasteiger partial charge in [0.15, 0.2) is 9.76 Å². The van der Waals surface area contributed by atoms with E-state index in [9.17, 15) is 0 Å². The Balaban J connectivity index is 3.84. The molecule has 4 nitrogen and oxygen atoms in total. The van der Waals surface area contributed by atoms with Crippen molar-refractivity contribution >= 4 is 9.76 Å². The molecule has 0 bridgehead atoms. The van der Waals surface area contributed by atoms with Gasteiger partial charge in [-0.05, 0) is 6.04 Å². The zero-order valence-electron chi connectivity index (χ0n) is 7.55. The van der Waals surface area contributed by atoms with E-state index in [0.717, 1.165) is 6.04 Å². The molecule has 0 unspecified atom stereocenters. The number of hydrogen-bond donors (Lipinski definition) is 0. The molecule has 0 saturated carbocycles. The van der Waals surface area contributed by atoms with Crippen LogP contribution in [0.4, 0.5) is 0 Å². The third kappa shape index (κ3) is 3.30. The Bertz CT molecular complexity index is 86.3. The van der Waals surface area contributed by atoms with Crippen LogP contribution >= 0.6 is 0 Å². The van der Waals surface area contributed by atoms with Gasteiger partial charge < -0.3 is 18.6 Å². The van der Waals surface area contributed by atoms with Gasteiger partial charge in [-0.1, -0.05) is 6.92 Å². The molecular weight excluding hydrogens is 164 g/mol. The highest BCUT2D eigenvalue weighted by atomic mass is 28.2. The number of methoxy groups -OCH3 is 3. The van der Waals surface area contributed by atoms with Crippen LogP contribution in [0.5, 0.6) is 0 Å². The van der Waals surface area contributed by atoms with E-state index < -0.39 is 15.9 Å². The maximum absolute atomic E-state index is 5.30. The van der Waals surface area contributed by atoms with Crippen LogP contribution in [0.2, 0.25) is 6.04 Å². The molecule has 0 amide bonds. The summed E-state index contributed by atoms with van der Waals surface area (Å²) in [5.41, 5.74) is 0. The molecule has 0 fully saturated rings. The van der Waals surface area contributed by atoms with Crippen LogP contribution in [0.25, 0.3) is 0 Å². The quantitative estimate of drug-likeness (QED) is 0.428. The summed E-state index contributed by atoms with van der Waals surface area (Å²) >= 11 is 0. The lowest BCUT2D eigenvalue weighted by atomic mass is 11.0. The highest BCUT2D eigenvalue weighted by Crippen LogP contribution is 2.12. The van der Waals surface area contributed by atoms with Gasteiger partial charge in [-0.3, -0.25) is 0 Å². The summed E-state index contributed by atoms with van der Waals surface area (Å²) in [6, 6.07) is 1.03. The normalized spacial score (nSPS) is 13.1. The number of ether oxygens (including phenoxy) is 3. The van der Waals surface area contributed by atoms with Gasteiger partial charge in [0.2, 0.25) is 0 Å². The third-order valence-electron chi connectivity index (χ3n) is 1.23. The Labute approximate surface area is 69.7 Å². The van der Waals surface area contributed by atoms with Crippen molar-refractivity contribution in [1.82, 2.24) is 0 Å². The summed E-state index contributed by atoms with van der Waals surface area (Å²) in [6.07, 6.45) is -1.26. The highest BCUT2D eigenvalue weighted by Gasteiger charge is 2.29. The molecule has 0 saturated heterocycles. The molecule has 0 rings (SSSR count). The highest BCUT2D eigenvalue weighted by molar-refractivity contribution is 6.26. The van der Waals surface area contributed by atoms with Crippen molar-refractivity contribution in [3.05, 3.63) is 0 Å². The van der Waals surface area contributed by atoms with Crippen LogP contribution in [-0.4, -0.2) is 37.3 Å². The summed E-state index contributed by atoms with van der Waals surface area (Å²) < 4.78 is 20.0. The topological polar surface area (TPSA) is 36.9 Å². The van der Waals surface area contributed by atoms with Gasteiger partial charge in [0.05, 0.1) is 0 Å². The summed E-state index contributed by atoms with van der Waals surface area (Å²) in [7, 11) is 3.86. The smallest absolute Gasteiger partial charge is 0.353 e. The second kappa shape index (κ2) is 5.67. The van der Waals surface area contributed by atoms with Crippen LogP contribution in [-0.2, 0) is 18.6 Å². The Morgan fingerprint density at radius 2 is 1.55 bits per heavy atom. The zero-order chi connectivity index (χ0) is 8.74. The average molecular weight is 180 g/mol. The van der Waals surface area contributed by atoms with Crippen LogP contribution in [0, 0.1) is 0 Å². The lowest BCUT2D eigenvalue weighted by Gasteiger charge is -2.27. The van der Waals surface area contributed by atoms with Gasteiger partial charge in [0.25, 0.3) is 0 Å². The Hall–Kier alpha value is 0.0569. The van der Waals surface area contributed by atoms with Crippen molar-refractivity contribution in [2.75, 3.05) is 21.3 Å². The molecule has 68 valence electrons. The van der Waals surface area contributed by atoms with E-state index in [1.54, 1.807) is 0 Å². The van der Waals surface area contributed by atoms with Crippen molar-refractivity contribution in [1.29, 1.82) is 0 Å². The van der Waals surface area contributed by atoms with E-state index >= 15 is 0 Å². The fraction of sp³-hybridized carbons (Fsp3) is 1.00. The van der Waals surface area contributed by atoms with Crippen molar-refractivity contribution < 1.29 is 18.6 Å². The zero-order valence-corrected chi connectivity index (χ0v) is 8.96.